The SMILES string of the molecule is OCc1nnn(CC2CCCO2)c1C1CC1. The van der Waals surface area contributed by atoms with Gasteiger partial charge >= 0.3 is 0 Å². The molecular formula is C11H17N3O2. The lowest BCUT2D eigenvalue weighted by molar-refractivity contribution is 0.0927. The number of nitrogens with zero attached hydrogens (tertiary/aromatic N) is 3. The van der Waals surface area contributed by atoms with E-state index >= 15 is 0 Å². The quantitative estimate of drug-likeness (QED) is 0.821. The van der Waals surface area contributed by atoms with Gasteiger partial charge < -0.3 is 9.84 Å². The number of aliphatic hydroxyl groups is 1. The Kier molecular flexibility index (Phi) is 2.65. The van der Waals surface area contributed by atoms with Crippen LogP contribution in [0.25, 0.3) is 0 Å². The molecule has 1 N–H and O–H groups in total. The minimum atomic E-state index is -0.00262. The summed E-state index contributed by atoms with van der Waals surface area (Å²) in [5, 5.41) is 17.4. The number of aromatic nitrogens is 3. The van der Waals surface area contributed by atoms with Crippen molar-refractivity contribution in [1.82, 2.24) is 15.0 Å². The zero-order valence-electron chi connectivity index (χ0n) is 9.30. The Hall–Kier alpha value is -0.940. The Balaban J connectivity index is 1.79. The molecule has 1 aliphatic heterocycles. The monoisotopic (exact) mass is 223 g/mol. The molecule has 1 aromatic heterocycles. The summed E-state index contributed by atoms with van der Waals surface area (Å²) in [5.41, 5.74) is 1.89. The average molecular weight is 223 g/mol. The van der Waals surface area contributed by atoms with Crippen LogP contribution in [-0.2, 0) is 17.9 Å². The lowest BCUT2D eigenvalue weighted by Gasteiger charge is -2.11. The van der Waals surface area contributed by atoms with Crippen LogP contribution in [-0.4, -0.2) is 32.8 Å². The van der Waals surface area contributed by atoms with Crippen molar-refractivity contribution in [3.05, 3.63) is 11.4 Å². The topological polar surface area (TPSA) is 60.2 Å². The Morgan fingerprint density at radius 1 is 1.38 bits per heavy atom. The van der Waals surface area contributed by atoms with Gasteiger partial charge in [0.05, 0.1) is 24.9 Å². The van der Waals surface area contributed by atoms with E-state index in [9.17, 15) is 5.11 Å². The minimum absolute atomic E-state index is 0.00262. The van der Waals surface area contributed by atoms with Crippen LogP contribution < -0.4 is 0 Å². The third kappa shape index (κ3) is 1.85. The van der Waals surface area contributed by atoms with Gasteiger partial charge in [0.15, 0.2) is 0 Å². The van der Waals surface area contributed by atoms with Gasteiger partial charge in [-0.2, -0.15) is 0 Å². The lowest BCUT2D eigenvalue weighted by atomic mass is 10.2. The van der Waals surface area contributed by atoms with Gasteiger partial charge in [0.2, 0.25) is 0 Å². The highest BCUT2D eigenvalue weighted by Gasteiger charge is 2.32. The zero-order chi connectivity index (χ0) is 11.0. The van der Waals surface area contributed by atoms with E-state index in [4.69, 9.17) is 4.74 Å². The van der Waals surface area contributed by atoms with E-state index in [0.29, 0.717) is 5.92 Å². The molecule has 3 rings (SSSR count). The largest absolute Gasteiger partial charge is 0.390 e. The maximum absolute atomic E-state index is 9.22. The number of ether oxygens (including phenoxy) is 1. The van der Waals surface area contributed by atoms with Crippen molar-refractivity contribution < 1.29 is 9.84 Å². The predicted octanol–water partition coefficient (Wildman–Crippen LogP) is 0.827. The molecule has 1 saturated heterocycles. The Labute approximate surface area is 94.4 Å². The van der Waals surface area contributed by atoms with Crippen molar-refractivity contribution >= 4 is 0 Å². The van der Waals surface area contributed by atoms with E-state index in [-0.39, 0.29) is 12.7 Å². The van der Waals surface area contributed by atoms with Crippen molar-refractivity contribution in [3.8, 4) is 0 Å². The molecule has 16 heavy (non-hydrogen) atoms. The molecule has 1 aromatic rings. The fourth-order valence-electron chi connectivity index (χ4n) is 2.39. The first-order valence-electron chi connectivity index (χ1n) is 6.03. The summed E-state index contributed by atoms with van der Waals surface area (Å²) in [6.07, 6.45) is 4.94. The van der Waals surface area contributed by atoms with Crippen LogP contribution in [0.15, 0.2) is 0 Å². The summed E-state index contributed by atoms with van der Waals surface area (Å²) in [6.45, 7) is 1.65. The summed E-state index contributed by atoms with van der Waals surface area (Å²) in [6, 6.07) is 0. The van der Waals surface area contributed by atoms with Gasteiger partial charge in [-0.15, -0.1) is 5.10 Å². The van der Waals surface area contributed by atoms with Crippen LogP contribution in [0.2, 0.25) is 0 Å². The highest BCUT2D eigenvalue weighted by atomic mass is 16.5. The van der Waals surface area contributed by atoms with Gasteiger partial charge in [0.1, 0.15) is 5.69 Å². The second-order valence-electron chi connectivity index (χ2n) is 4.67. The zero-order valence-corrected chi connectivity index (χ0v) is 9.30. The molecule has 1 aliphatic carbocycles. The van der Waals surface area contributed by atoms with Crippen molar-refractivity contribution in [2.75, 3.05) is 6.61 Å². The van der Waals surface area contributed by atoms with Crippen LogP contribution in [0.5, 0.6) is 0 Å². The Bertz CT molecular complexity index is 367. The summed E-state index contributed by atoms with van der Waals surface area (Å²) in [7, 11) is 0. The molecule has 88 valence electrons. The van der Waals surface area contributed by atoms with Crippen LogP contribution in [0.1, 0.15) is 43.0 Å². The summed E-state index contributed by atoms with van der Waals surface area (Å²) < 4.78 is 7.55. The van der Waals surface area contributed by atoms with Crippen LogP contribution in [0, 0.1) is 0 Å². The molecule has 0 bridgehead atoms. The third-order valence-corrected chi connectivity index (χ3v) is 3.36. The predicted molar refractivity (Wildman–Crippen MR) is 56.9 cm³/mol. The fraction of sp³-hybridized carbons (Fsp3) is 0.818. The first-order valence-corrected chi connectivity index (χ1v) is 6.03. The summed E-state index contributed by atoms with van der Waals surface area (Å²) >= 11 is 0. The average Bonchev–Trinajstić information content (AvgIpc) is 2.86. The molecule has 1 saturated carbocycles. The molecule has 0 radical (unpaired) electrons. The second kappa shape index (κ2) is 4.14. The molecule has 0 aromatic carbocycles. The molecule has 2 aliphatic rings. The van der Waals surface area contributed by atoms with E-state index in [2.05, 4.69) is 10.3 Å². The number of rotatable bonds is 4. The van der Waals surface area contributed by atoms with Gasteiger partial charge in [0.25, 0.3) is 0 Å². The van der Waals surface area contributed by atoms with E-state index in [1.54, 1.807) is 0 Å². The maximum Gasteiger partial charge on any atom is 0.112 e. The molecular weight excluding hydrogens is 206 g/mol. The van der Waals surface area contributed by atoms with Gasteiger partial charge in [0, 0.05) is 12.5 Å². The molecule has 1 unspecified atom stereocenters. The van der Waals surface area contributed by atoms with Crippen molar-refractivity contribution in [1.29, 1.82) is 0 Å². The smallest absolute Gasteiger partial charge is 0.112 e. The Morgan fingerprint density at radius 2 is 2.25 bits per heavy atom. The van der Waals surface area contributed by atoms with Crippen LogP contribution in [0.3, 0.4) is 0 Å². The summed E-state index contributed by atoms with van der Waals surface area (Å²) in [5.74, 6) is 0.568. The molecule has 0 spiro atoms. The van der Waals surface area contributed by atoms with E-state index in [1.807, 2.05) is 4.68 Å². The van der Waals surface area contributed by atoms with Crippen LogP contribution in [0.4, 0.5) is 0 Å². The number of hydrogen-bond acceptors (Lipinski definition) is 4. The van der Waals surface area contributed by atoms with Crippen molar-refractivity contribution in [3.63, 3.8) is 0 Å². The highest BCUT2D eigenvalue weighted by Crippen LogP contribution is 2.41. The summed E-state index contributed by atoms with van der Waals surface area (Å²) in [4.78, 5) is 0. The maximum atomic E-state index is 9.22. The molecule has 1 atom stereocenters. The van der Waals surface area contributed by atoms with Gasteiger partial charge in [-0.1, -0.05) is 5.21 Å². The normalized spacial score (nSPS) is 25.2. The van der Waals surface area contributed by atoms with Gasteiger partial charge in [-0.05, 0) is 25.7 Å². The third-order valence-electron chi connectivity index (χ3n) is 3.36. The Morgan fingerprint density at radius 3 is 2.88 bits per heavy atom. The molecule has 5 heteroatoms. The molecule has 2 heterocycles. The lowest BCUT2D eigenvalue weighted by Crippen LogP contribution is -2.18. The first kappa shape index (κ1) is 10.2. The minimum Gasteiger partial charge on any atom is -0.390 e. The van der Waals surface area contributed by atoms with E-state index < -0.39 is 0 Å². The first-order chi connectivity index (χ1) is 7.88. The standard InChI is InChI=1S/C11H17N3O2/c15-7-10-11(8-3-4-8)14(13-12-10)6-9-2-1-5-16-9/h8-9,15H,1-7H2. The van der Waals surface area contributed by atoms with E-state index in [1.165, 1.54) is 12.8 Å². The highest BCUT2D eigenvalue weighted by molar-refractivity contribution is 5.19. The molecule has 5 nitrogen and oxygen atoms in total. The van der Waals surface area contributed by atoms with Crippen molar-refractivity contribution in [2.45, 2.75) is 50.9 Å². The van der Waals surface area contributed by atoms with Crippen LogP contribution >= 0.6 is 0 Å². The molecule has 0 amide bonds. The van der Waals surface area contributed by atoms with E-state index in [0.717, 1.165) is 37.4 Å². The van der Waals surface area contributed by atoms with Gasteiger partial charge in [-0.3, -0.25) is 0 Å². The second-order valence-corrected chi connectivity index (χ2v) is 4.67. The van der Waals surface area contributed by atoms with Gasteiger partial charge in [-0.25, -0.2) is 4.68 Å². The number of hydrogen-bond donors (Lipinski definition) is 1. The van der Waals surface area contributed by atoms with Crippen molar-refractivity contribution in [2.24, 2.45) is 0 Å². The fourth-order valence-corrected chi connectivity index (χ4v) is 2.39. The number of aliphatic hydroxyl groups excluding tert-OH is 1. The molecule has 2 fully saturated rings.